The number of nitrogens with one attached hydrogen (secondary N) is 1. The molecule has 1 aromatic heterocycles. The van der Waals surface area contributed by atoms with E-state index in [1.54, 1.807) is 17.4 Å². The van der Waals surface area contributed by atoms with Crippen LogP contribution in [0.2, 0.25) is 0 Å². The monoisotopic (exact) mass is 250 g/mol. The summed E-state index contributed by atoms with van der Waals surface area (Å²) in [6.45, 7) is 2.11. The summed E-state index contributed by atoms with van der Waals surface area (Å²) < 4.78 is 12.9. The molecule has 0 spiro atoms. The van der Waals surface area contributed by atoms with Gasteiger partial charge >= 0.3 is 0 Å². The van der Waals surface area contributed by atoms with Gasteiger partial charge in [-0.2, -0.15) is 0 Å². The number of hydrogen-bond donors (Lipinski definition) is 2. The highest BCUT2D eigenvalue weighted by Gasteiger charge is 2.11. The molecule has 2 nitrogen and oxygen atoms in total. The first-order chi connectivity index (χ1) is 8.20. The highest BCUT2D eigenvalue weighted by molar-refractivity contribution is 7.10. The lowest BCUT2D eigenvalue weighted by molar-refractivity contribution is 0.628. The molecule has 3 N–H and O–H groups in total. The summed E-state index contributed by atoms with van der Waals surface area (Å²) in [7, 11) is 0. The van der Waals surface area contributed by atoms with Crippen molar-refractivity contribution in [1.29, 1.82) is 0 Å². The van der Waals surface area contributed by atoms with Gasteiger partial charge in [0.25, 0.3) is 0 Å². The van der Waals surface area contributed by atoms with Gasteiger partial charge in [-0.3, -0.25) is 0 Å². The Morgan fingerprint density at radius 3 is 2.82 bits per heavy atom. The second kappa shape index (κ2) is 5.19. The van der Waals surface area contributed by atoms with Gasteiger partial charge in [-0.05, 0) is 36.1 Å². The molecule has 0 radical (unpaired) electrons. The predicted molar refractivity (Wildman–Crippen MR) is 71.8 cm³/mol. The van der Waals surface area contributed by atoms with Gasteiger partial charge in [0.05, 0.1) is 17.4 Å². The Kier molecular flexibility index (Phi) is 3.64. The number of nitrogens with two attached hydrogens (primary N) is 1. The van der Waals surface area contributed by atoms with Crippen molar-refractivity contribution in [2.45, 2.75) is 19.4 Å². The second-order valence-corrected chi connectivity index (χ2v) is 4.83. The van der Waals surface area contributed by atoms with Crippen molar-refractivity contribution in [2.75, 3.05) is 11.1 Å². The van der Waals surface area contributed by atoms with Crippen molar-refractivity contribution in [3.05, 3.63) is 46.4 Å². The van der Waals surface area contributed by atoms with E-state index in [4.69, 9.17) is 5.73 Å². The molecule has 4 heteroatoms. The van der Waals surface area contributed by atoms with E-state index >= 15 is 0 Å². The molecule has 0 aliphatic rings. The maximum Gasteiger partial charge on any atom is 0.125 e. The van der Waals surface area contributed by atoms with E-state index in [0.29, 0.717) is 5.69 Å². The van der Waals surface area contributed by atoms with Gasteiger partial charge in [0.15, 0.2) is 0 Å². The molecule has 17 heavy (non-hydrogen) atoms. The van der Waals surface area contributed by atoms with Crippen LogP contribution >= 0.6 is 11.3 Å². The highest BCUT2D eigenvalue weighted by atomic mass is 32.1. The number of nitrogen functional groups attached to an aromatic ring is 1. The molecule has 0 amide bonds. The SMILES string of the molecule is CCC(Nc1ccc(F)cc1N)c1cccs1. The smallest absolute Gasteiger partial charge is 0.125 e. The fourth-order valence-corrected chi connectivity index (χ4v) is 2.58. The van der Waals surface area contributed by atoms with E-state index in [0.717, 1.165) is 12.1 Å². The summed E-state index contributed by atoms with van der Waals surface area (Å²) in [6, 6.07) is 8.77. The molecule has 0 saturated carbocycles. The van der Waals surface area contributed by atoms with Crippen LogP contribution < -0.4 is 11.1 Å². The lowest BCUT2D eigenvalue weighted by Crippen LogP contribution is -2.09. The number of thiophene rings is 1. The van der Waals surface area contributed by atoms with Gasteiger partial charge in [-0.1, -0.05) is 13.0 Å². The molecule has 1 aromatic carbocycles. The zero-order chi connectivity index (χ0) is 12.3. The van der Waals surface area contributed by atoms with Gasteiger partial charge < -0.3 is 11.1 Å². The van der Waals surface area contributed by atoms with Crippen LogP contribution in [0.25, 0.3) is 0 Å². The lowest BCUT2D eigenvalue weighted by atomic mass is 10.1. The van der Waals surface area contributed by atoms with E-state index in [1.165, 1.54) is 17.0 Å². The molecule has 0 saturated heterocycles. The molecule has 0 aliphatic carbocycles. The van der Waals surface area contributed by atoms with Gasteiger partial charge in [0, 0.05) is 4.88 Å². The Labute approximate surface area is 104 Å². The van der Waals surface area contributed by atoms with Gasteiger partial charge in [-0.25, -0.2) is 4.39 Å². The maximum atomic E-state index is 12.9. The zero-order valence-corrected chi connectivity index (χ0v) is 10.4. The summed E-state index contributed by atoms with van der Waals surface area (Å²) in [6.07, 6.45) is 0.956. The molecule has 1 atom stereocenters. The Morgan fingerprint density at radius 1 is 1.41 bits per heavy atom. The first-order valence-electron chi connectivity index (χ1n) is 5.55. The fraction of sp³-hybridized carbons (Fsp3) is 0.231. The van der Waals surface area contributed by atoms with Crippen LogP contribution in [0.5, 0.6) is 0 Å². The third-order valence-corrected chi connectivity index (χ3v) is 3.62. The summed E-state index contributed by atoms with van der Waals surface area (Å²) >= 11 is 1.71. The quantitative estimate of drug-likeness (QED) is 0.804. The van der Waals surface area contributed by atoms with Crippen LogP contribution in [0.1, 0.15) is 24.3 Å². The Morgan fingerprint density at radius 2 is 2.24 bits per heavy atom. The highest BCUT2D eigenvalue weighted by Crippen LogP contribution is 2.29. The van der Waals surface area contributed by atoms with Crippen LogP contribution in [0, 0.1) is 5.82 Å². The summed E-state index contributed by atoms with van der Waals surface area (Å²) in [5.41, 5.74) is 7.01. The van der Waals surface area contributed by atoms with Crippen molar-refractivity contribution in [3.8, 4) is 0 Å². The van der Waals surface area contributed by atoms with E-state index < -0.39 is 0 Å². The molecular weight excluding hydrogens is 235 g/mol. The first-order valence-corrected chi connectivity index (χ1v) is 6.43. The minimum absolute atomic E-state index is 0.225. The molecule has 2 aromatic rings. The van der Waals surface area contributed by atoms with Crippen LogP contribution in [0.15, 0.2) is 35.7 Å². The van der Waals surface area contributed by atoms with Crippen LogP contribution in [-0.2, 0) is 0 Å². The third kappa shape index (κ3) is 2.77. The molecule has 1 unspecified atom stereocenters. The zero-order valence-electron chi connectivity index (χ0n) is 9.61. The molecular formula is C13H15FN2S. The van der Waals surface area contributed by atoms with Crippen LogP contribution in [-0.4, -0.2) is 0 Å². The average Bonchev–Trinajstić information content (AvgIpc) is 2.81. The van der Waals surface area contributed by atoms with Crippen molar-refractivity contribution < 1.29 is 4.39 Å². The van der Waals surface area contributed by atoms with Crippen LogP contribution in [0.3, 0.4) is 0 Å². The molecule has 0 bridgehead atoms. The standard InChI is InChI=1S/C13H15FN2S/c1-2-11(13-4-3-7-17-13)16-12-6-5-9(14)8-10(12)15/h3-8,11,16H,2,15H2,1H3. The summed E-state index contributed by atoms with van der Waals surface area (Å²) in [5.74, 6) is -0.308. The van der Waals surface area contributed by atoms with Gasteiger partial charge in [-0.15, -0.1) is 11.3 Å². The Hall–Kier alpha value is -1.55. The number of benzene rings is 1. The van der Waals surface area contributed by atoms with Crippen molar-refractivity contribution in [3.63, 3.8) is 0 Å². The number of anilines is 2. The van der Waals surface area contributed by atoms with E-state index in [2.05, 4.69) is 18.3 Å². The number of rotatable bonds is 4. The minimum atomic E-state index is -0.308. The molecule has 0 fully saturated rings. The Bertz CT molecular complexity index is 482. The second-order valence-electron chi connectivity index (χ2n) is 3.85. The van der Waals surface area contributed by atoms with Crippen molar-refractivity contribution in [2.24, 2.45) is 0 Å². The van der Waals surface area contributed by atoms with Crippen molar-refractivity contribution >= 4 is 22.7 Å². The topological polar surface area (TPSA) is 38.0 Å². The van der Waals surface area contributed by atoms with E-state index in [1.807, 2.05) is 11.4 Å². The largest absolute Gasteiger partial charge is 0.397 e. The van der Waals surface area contributed by atoms with E-state index in [-0.39, 0.29) is 11.9 Å². The van der Waals surface area contributed by atoms with Crippen molar-refractivity contribution in [1.82, 2.24) is 0 Å². The minimum Gasteiger partial charge on any atom is -0.397 e. The van der Waals surface area contributed by atoms with Crippen LogP contribution in [0.4, 0.5) is 15.8 Å². The average molecular weight is 250 g/mol. The maximum absolute atomic E-state index is 12.9. The predicted octanol–water partition coefficient (Wildman–Crippen LogP) is 4.03. The molecule has 2 rings (SSSR count). The van der Waals surface area contributed by atoms with Gasteiger partial charge in [0.1, 0.15) is 5.82 Å². The first kappa shape index (κ1) is 11.9. The normalized spacial score (nSPS) is 12.4. The molecule has 90 valence electrons. The molecule has 0 aliphatic heterocycles. The lowest BCUT2D eigenvalue weighted by Gasteiger charge is -2.18. The summed E-state index contributed by atoms with van der Waals surface area (Å²) in [5, 5.41) is 5.39. The van der Waals surface area contributed by atoms with E-state index in [9.17, 15) is 4.39 Å². The number of halogens is 1. The van der Waals surface area contributed by atoms with Gasteiger partial charge in [0.2, 0.25) is 0 Å². The molecule has 1 heterocycles. The summed E-state index contributed by atoms with van der Waals surface area (Å²) in [4.78, 5) is 1.26. The third-order valence-electron chi connectivity index (χ3n) is 2.64. The Balaban J connectivity index is 2.19. The number of hydrogen-bond acceptors (Lipinski definition) is 3. The fourth-order valence-electron chi connectivity index (χ4n) is 1.72.